The van der Waals surface area contributed by atoms with Gasteiger partial charge in [-0.2, -0.15) is 0 Å². The van der Waals surface area contributed by atoms with Crippen molar-refractivity contribution in [3.8, 4) is 0 Å². The second kappa shape index (κ2) is 8.79. The molecule has 2 aromatic rings. The number of rotatable bonds is 7. The molecule has 0 fully saturated rings. The van der Waals surface area contributed by atoms with Crippen LogP contribution in [0.3, 0.4) is 0 Å². The molecule has 1 heterocycles. The number of nitrogens with one attached hydrogen (secondary N) is 2. The molecule has 1 aromatic heterocycles. The van der Waals surface area contributed by atoms with E-state index < -0.39 is 15.7 Å². The number of nitrogens with zero attached hydrogens (tertiary/aromatic N) is 2. The van der Waals surface area contributed by atoms with Crippen LogP contribution in [0, 0.1) is 5.82 Å². The summed E-state index contributed by atoms with van der Waals surface area (Å²) in [6.45, 7) is 4.49. The van der Waals surface area contributed by atoms with Gasteiger partial charge in [0.2, 0.25) is 0 Å². The van der Waals surface area contributed by atoms with Crippen LogP contribution in [-0.2, 0) is 16.4 Å². The van der Waals surface area contributed by atoms with Crippen LogP contribution in [0.25, 0.3) is 0 Å². The van der Waals surface area contributed by atoms with E-state index in [1.165, 1.54) is 18.2 Å². The summed E-state index contributed by atoms with van der Waals surface area (Å²) in [5.74, 6) is 0.329. The summed E-state index contributed by atoms with van der Waals surface area (Å²) in [5.41, 5.74) is 0.862. The third kappa shape index (κ3) is 5.29. The number of sulfone groups is 1. The normalized spacial score (nSPS) is 12.4. The van der Waals surface area contributed by atoms with Crippen molar-refractivity contribution in [3.63, 3.8) is 0 Å². The average molecular weight is 382 g/mol. The molecule has 0 aliphatic rings. The van der Waals surface area contributed by atoms with Crippen molar-refractivity contribution in [1.82, 2.24) is 15.8 Å². The van der Waals surface area contributed by atoms with Crippen LogP contribution >= 0.6 is 0 Å². The van der Waals surface area contributed by atoms with E-state index in [2.05, 4.69) is 20.8 Å². The topological polar surface area (TPSA) is 96.6 Å². The van der Waals surface area contributed by atoms with Crippen LogP contribution in [0.5, 0.6) is 0 Å². The van der Waals surface area contributed by atoms with E-state index in [4.69, 9.17) is 4.52 Å². The molecule has 2 N–H and O–H groups in total. The molecule has 0 unspecified atom stereocenters. The number of aromatic nitrogens is 1. The Balaban J connectivity index is 1.86. The van der Waals surface area contributed by atoms with Crippen LogP contribution in [0.1, 0.15) is 31.2 Å². The summed E-state index contributed by atoms with van der Waals surface area (Å²) >= 11 is 0. The van der Waals surface area contributed by atoms with Crippen molar-refractivity contribution in [1.29, 1.82) is 0 Å². The quantitative estimate of drug-likeness (QED) is 0.562. The summed E-state index contributed by atoms with van der Waals surface area (Å²) in [5, 5.41) is 9.87. The average Bonchev–Trinajstić information content (AvgIpc) is 3.07. The molecule has 0 bridgehead atoms. The van der Waals surface area contributed by atoms with Gasteiger partial charge in [-0.25, -0.2) is 12.8 Å². The SMILES string of the molecule is CN=C(NCCS(=O)(=O)c1ccccc1F)NCc1cc(C(C)C)no1. The first-order valence-corrected chi connectivity index (χ1v) is 9.86. The largest absolute Gasteiger partial charge is 0.359 e. The molecule has 0 atom stereocenters. The summed E-state index contributed by atoms with van der Waals surface area (Å²) in [6, 6.07) is 7.18. The highest BCUT2D eigenvalue weighted by Gasteiger charge is 2.18. The highest BCUT2D eigenvalue weighted by atomic mass is 32.2. The van der Waals surface area contributed by atoms with Gasteiger partial charge in [-0.05, 0) is 18.1 Å². The van der Waals surface area contributed by atoms with Gasteiger partial charge in [-0.1, -0.05) is 31.1 Å². The highest BCUT2D eigenvalue weighted by Crippen LogP contribution is 2.15. The number of benzene rings is 1. The lowest BCUT2D eigenvalue weighted by Crippen LogP contribution is -2.39. The number of guanidine groups is 1. The van der Waals surface area contributed by atoms with Gasteiger partial charge in [0, 0.05) is 19.7 Å². The van der Waals surface area contributed by atoms with Crippen molar-refractivity contribution in [2.75, 3.05) is 19.3 Å². The maximum Gasteiger partial charge on any atom is 0.191 e. The lowest BCUT2D eigenvalue weighted by atomic mass is 10.1. The Kier molecular flexibility index (Phi) is 6.73. The van der Waals surface area contributed by atoms with E-state index in [0.717, 1.165) is 11.8 Å². The predicted octanol–water partition coefficient (Wildman–Crippen LogP) is 2.08. The van der Waals surface area contributed by atoms with E-state index in [1.807, 2.05) is 19.9 Å². The maximum absolute atomic E-state index is 13.7. The predicted molar refractivity (Wildman–Crippen MR) is 97.2 cm³/mol. The molecule has 0 amide bonds. The molecule has 0 radical (unpaired) electrons. The molecule has 0 saturated heterocycles. The molecule has 0 spiro atoms. The molecule has 0 aliphatic heterocycles. The van der Waals surface area contributed by atoms with Crippen molar-refractivity contribution in [3.05, 3.63) is 47.6 Å². The molecule has 0 aliphatic carbocycles. The summed E-state index contributed by atoms with van der Waals surface area (Å²) in [4.78, 5) is 3.72. The zero-order valence-electron chi connectivity index (χ0n) is 15.0. The molecule has 2 rings (SSSR count). The Labute approximate surface area is 152 Å². The standard InChI is InChI=1S/C17H23FN4O3S/c1-12(2)15-10-13(25-22-15)11-21-17(19-3)20-8-9-26(23,24)16-7-5-4-6-14(16)18/h4-7,10,12H,8-9,11H2,1-3H3,(H2,19,20,21). The third-order valence-electron chi connectivity index (χ3n) is 3.66. The van der Waals surface area contributed by atoms with Crippen LogP contribution in [0.4, 0.5) is 4.39 Å². The Morgan fingerprint density at radius 2 is 2.04 bits per heavy atom. The number of aliphatic imine (C=N–C) groups is 1. The second-order valence-corrected chi connectivity index (χ2v) is 8.05. The minimum atomic E-state index is -3.72. The van der Waals surface area contributed by atoms with Crippen LogP contribution in [0.2, 0.25) is 0 Å². The maximum atomic E-state index is 13.7. The minimum absolute atomic E-state index is 0.0873. The van der Waals surface area contributed by atoms with E-state index in [9.17, 15) is 12.8 Å². The first kappa shape index (κ1) is 19.9. The van der Waals surface area contributed by atoms with Gasteiger partial charge in [0.1, 0.15) is 10.7 Å². The zero-order valence-corrected chi connectivity index (χ0v) is 15.8. The minimum Gasteiger partial charge on any atom is -0.359 e. The van der Waals surface area contributed by atoms with E-state index in [1.54, 1.807) is 7.05 Å². The monoisotopic (exact) mass is 382 g/mol. The van der Waals surface area contributed by atoms with Gasteiger partial charge in [0.05, 0.1) is 18.0 Å². The van der Waals surface area contributed by atoms with Crippen molar-refractivity contribution >= 4 is 15.8 Å². The van der Waals surface area contributed by atoms with Crippen LogP contribution in [-0.4, -0.2) is 38.9 Å². The Morgan fingerprint density at radius 1 is 1.31 bits per heavy atom. The fourth-order valence-electron chi connectivity index (χ4n) is 2.19. The first-order chi connectivity index (χ1) is 12.3. The van der Waals surface area contributed by atoms with E-state index in [-0.39, 0.29) is 23.1 Å². The van der Waals surface area contributed by atoms with Gasteiger partial charge >= 0.3 is 0 Å². The van der Waals surface area contributed by atoms with Gasteiger partial charge in [0.15, 0.2) is 21.6 Å². The van der Waals surface area contributed by atoms with Crippen molar-refractivity contribution in [2.24, 2.45) is 4.99 Å². The van der Waals surface area contributed by atoms with Crippen molar-refractivity contribution in [2.45, 2.75) is 31.2 Å². The van der Waals surface area contributed by atoms with Crippen LogP contribution in [0.15, 0.2) is 44.7 Å². The smallest absolute Gasteiger partial charge is 0.191 e. The Bertz CT molecular complexity index is 862. The molecular formula is C17H23FN4O3S. The van der Waals surface area contributed by atoms with Crippen molar-refractivity contribution < 1.29 is 17.3 Å². The van der Waals surface area contributed by atoms with Gasteiger partial charge in [-0.3, -0.25) is 4.99 Å². The van der Waals surface area contributed by atoms with Gasteiger partial charge in [-0.15, -0.1) is 0 Å². The lowest BCUT2D eigenvalue weighted by Gasteiger charge is -2.11. The highest BCUT2D eigenvalue weighted by molar-refractivity contribution is 7.91. The first-order valence-electron chi connectivity index (χ1n) is 8.20. The molecule has 9 heteroatoms. The molecule has 0 saturated carbocycles. The molecular weight excluding hydrogens is 359 g/mol. The summed E-state index contributed by atoms with van der Waals surface area (Å²) < 4.78 is 43.3. The lowest BCUT2D eigenvalue weighted by molar-refractivity contribution is 0.372. The molecule has 1 aromatic carbocycles. The summed E-state index contributed by atoms with van der Waals surface area (Å²) in [7, 11) is -2.15. The Morgan fingerprint density at radius 3 is 2.65 bits per heavy atom. The Hall–Kier alpha value is -2.42. The zero-order chi connectivity index (χ0) is 19.2. The number of halogens is 1. The fourth-order valence-corrected chi connectivity index (χ4v) is 3.43. The number of hydrogen-bond acceptors (Lipinski definition) is 5. The summed E-state index contributed by atoms with van der Waals surface area (Å²) in [6.07, 6.45) is 0. The molecule has 142 valence electrons. The van der Waals surface area contributed by atoms with E-state index in [0.29, 0.717) is 18.3 Å². The van der Waals surface area contributed by atoms with Crippen LogP contribution < -0.4 is 10.6 Å². The molecule has 7 nitrogen and oxygen atoms in total. The van der Waals surface area contributed by atoms with Gasteiger partial charge < -0.3 is 15.2 Å². The van der Waals surface area contributed by atoms with E-state index >= 15 is 0 Å². The molecule has 26 heavy (non-hydrogen) atoms. The number of hydrogen-bond donors (Lipinski definition) is 2. The third-order valence-corrected chi connectivity index (χ3v) is 5.40. The second-order valence-electron chi connectivity index (χ2n) is 5.97. The van der Waals surface area contributed by atoms with Gasteiger partial charge in [0.25, 0.3) is 0 Å². The fraction of sp³-hybridized carbons (Fsp3) is 0.412.